The van der Waals surface area contributed by atoms with E-state index in [1.807, 2.05) is 32.0 Å². The number of carbonyl (C=O) groups is 2. The molecule has 1 aliphatic carbocycles. The lowest BCUT2D eigenvalue weighted by atomic mass is 9.95. The van der Waals surface area contributed by atoms with Crippen molar-refractivity contribution in [3.63, 3.8) is 0 Å². The Morgan fingerprint density at radius 1 is 1.29 bits per heavy atom. The molecule has 0 bridgehead atoms. The van der Waals surface area contributed by atoms with Gasteiger partial charge in [0.15, 0.2) is 6.10 Å². The number of benzene rings is 1. The van der Waals surface area contributed by atoms with Gasteiger partial charge >= 0.3 is 0 Å². The van der Waals surface area contributed by atoms with Crippen molar-refractivity contribution in [2.24, 2.45) is 0 Å². The molecule has 0 saturated heterocycles. The van der Waals surface area contributed by atoms with E-state index in [1.54, 1.807) is 4.90 Å². The normalized spacial score (nSPS) is 21.2. The Balaban J connectivity index is 1.76. The average molecular weight is 330 g/mol. The number of hydrogen-bond donors (Lipinski definition) is 1. The molecule has 1 fully saturated rings. The summed E-state index contributed by atoms with van der Waals surface area (Å²) in [5.41, 5.74) is 1.74. The van der Waals surface area contributed by atoms with E-state index in [-0.39, 0.29) is 24.4 Å². The van der Waals surface area contributed by atoms with Crippen molar-refractivity contribution in [2.75, 3.05) is 11.4 Å². The Morgan fingerprint density at radius 2 is 2.04 bits per heavy atom. The summed E-state index contributed by atoms with van der Waals surface area (Å²) < 4.78 is 5.79. The van der Waals surface area contributed by atoms with Gasteiger partial charge in [-0.05, 0) is 43.9 Å². The van der Waals surface area contributed by atoms with Crippen LogP contribution in [0.2, 0.25) is 0 Å². The number of rotatable bonds is 4. The minimum absolute atomic E-state index is 0.0612. The van der Waals surface area contributed by atoms with E-state index in [4.69, 9.17) is 4.74 Å². The van der Waals surface area contributed by atoms with E-state index in [1.165, 1.54) is 19.3 Å². The molecule has 1 heterocycles. The van der Waals surface area contributed by atoms with E-state index >= 15 is 0 Å². The number of fused-ring (bicyclic) bond motifs is 1. The van der Waals surface area contributed by atoms with Gasteiger partial charge in [-0.1, -0.05) is 32.3 Å². The fourth-order valence-electron chi connectivity index (χ4n) is 3.52. The monoisotopic (exact) mass is 330 g/mol. The summed E-state index contributed by atoms with van der Waals surface area (Å²) in [5, 5.41) is 3.09. The van der Waals surface area contributed by atoms with Gasteiger partial charge in [0, 0.05) is 6.04 Å². The molecule has 1 aliphatic heterocycles. The summed E-state index contributed by atoms with van der Waals surface area (Å²) in [6.07, 6.45) is 5.74. The summed E-state index contributed by atoms with van der Waals surface area (Å²) in [5.74, 6) is 0.464. The predicted octanol–water partition coefficient (Wildman–Crippen LogP) is 2.95. The highest BCUT2D eigenvalue weighted by atomic mass is 16.5. The molecule has 1 aromatic rings. The van der Waals surface area contributed by atoms with E-state index in [0.29, 0.717) is 17.9 Å². The van der Waals surface area contributed by atoms with Crippen LogP contribution in [0.15, 0.2) is 18.2 Å². The van der Waals surface area contributed by atoms with Gasteiger partial charge < -0.3 is 10.1 Å². The van der Waals surface area contributed by atoms with Gasteiger partial charge in [-0.3, -0.25) is 14.5 Å². The summed E-state index contributed by atoms with van der Waals surface area (Å²) in [4.78, 5) is 26.7. The molecule has 2 aliphatic rings. The third-order valence-electron chi connectivity index (χ3n) is 4.86. The quantitative estimate of drug-likeness (QED) is 0.923. The first-order valence-corrected chi connectivity index (χ1v) is 8.96. The number of amides is 2. The molecule has 0 spiro atoms. The zero-order valence-corrected chi connectivity index (χ0v) is 14.5. The number of carbonyl (C=O) groups excluding carboxylic acids is 2. The average Bonchev–Trinajstić information content (AvgIpc) is 2.58. The van der Waals surface area contributed by atoms with Crippen LogP contribution in [0, 0.1) is 6.92 Å². The molecular formula is C19H26N2O3. The Morgan fingerprint density at radius 3 is 2.75 bits per heavy atom. The Labute approximate surface area is 143 Å². The third-order valence-corrected chi connectivity index (χ3v) is 4.86. The molecule has 3 rings (SSSR count). The molecule has 0 unspecified atom stereocenters. The Kier molecular flexibility index (Phi) is 5.07. The molecule has 1 saturated carbocycles. The SMILES string of the molecule is CC[C@@H]1Oc2ccc(C)cc2N(CC(=O)NC2CCCCC2)C1=O. The van der Waals surface area contributed by atoms with Gasteiger partial charge in [0.05, 0.1) is 5.69 Å². The molecular weight excluding hydrogens is 304 g/mol. The lowest BCUT2D eigenvalue weighted by Crippen LogP contribution is -2.51. The highest BCUT2D eigenvalue weighted by Crippen LogP contribution is 2.35. The third kappa shape index (κ3) is 3.55. The standard InChI is InChI=1S/C19H26N2O3/c1-3-16-19(23)21(15-11-13(2)9-10-17(15)24-16)12-18(22)20-14-7-5-4-6-8-14/h9-11,14,16H,3-8,12H2,1-2H3,(H,20,22)/t16-/m0/s1. The largest absolute Gasteiger partial charge is 0.478 e. The molecule has 5 heteroatoms. The molecule has 24 heavy (non-hydrogen) atoms. The topological polar surface area (TPSA) is 58.6 Å². The van der Waals surface area contributed by atoms with E-state index < -0.39 is 6.10 Å². The molecule has 5 nitrogen and oxygen atoms in total. The highest BCUT2D eigenvalue weighted by molar-refractivity contribution is 6.03. The fraction of sp³-hybridized carbons (Fsp3) is 0.579. The van der Waals surface area contributed by atoms with Gasteiger partial charge in [0.25, 0.3) is 5.91 Å². The fourth-order valence-corrected chi connectivity index (χ4v) is 3.52. The first kappa shape index (κ1) is 16.8. The van der Waals surface area contributed by atoms with E-state index in [0.717, 1.165) is 18.4 Å². The van der Waals surface area contributed by atoms with Crippen molar-refractivity contribution < 1.29 is 14.3 Å². The van der Waals surface area contributed by atoms with Crippen LogP contribution in [0.25, 0.3) is 0 Å². The number of hydrogen-bond acceptors (Lipinski definition) is 3. The number of nitrogens with zero attached hydrogens (tertiary/aromatic N) is 1. The molecule has 0 aromatic heterocycles. The highest BCUT2D eigenvalue weighted by Gasteiger charge is 2.34. The zero-order valence-electron chi connectivity index (χ0n) is 14.5. The van der Waals surface area contributed by atoms with Gasteiger partial charge in [-0.2, -0.15) is 0 Å². The van der Waals surface area contributed by atoms with Crippen LogP contribution in [-0.2, 0) is 9.59 Å². The van der Waals surface area contributed by atoms with Crippen molar-refractivity contribution in [1.82, 2.24) is 5.32 Å². The zero-order chi connectivity index (χ0) is 17.1. The molecule has 2 amide bonds. The summed E-state index contributed by atoms with van der Waals surface area (Å²) in [7, 11) is 0. The minimum atomic E-state index is -0.511. The second-order valence-electron chi connectivity index (χ2n) is 6.81. The maximum absolute atomic E-state index is 12.7. The number of anilines is 1. The maximum atomic E-state index is 12.7. The molecule has 1 N–H and O–H groups in total. The van der Waals surface area contributed by atoms with Gasteiger partial charge in [-0.25, -0.2) is 0 Å². The van der Waals surface area contributed by atoms with Crippen LogP contribution in [0.1, 0.15) is 51.0 Å². The van der Waals surface area contributed by atoms with Crippen LogP contribution in [0.3, 0.4) is 0 Å². The van der Waals surface area contributed by atoms with Crippen LogP contribution in [0.5, 0.6) is 5.75 Å². The first-order valence-electron chi connectivity index (χ1n) is 8.96. The number of nitrogens with one attached hydrogen (secondary N) is 1. The van der Waals surface area contributed by atoms with Crippen molar-refractivity contribution in [3.05, 3.63) is 23.8 Å². The van der Waals surface area contributed by atoms with Gasteiger partial charge in [0.1, 0.15) is 12.3 Å². The second kappa shape index (κ2) is 7.24. The van der Waals surface area contributed by atoms with Crippen LogP contribution < -0.4 is 15.0 Å². The van der Waals surface area contributed by atoms with E-state index in [9.17, 15) is 9.59 Å². The number of ether oxygens (including phenoxy) is 1. The molecule has 130 valence electrons. The lowest BCUT2D eigenvalue weighted by Gasteiger charge is -2.34. The second-order valence-corrected chi connectivity index (χ2v) is 6.81. The van der Waals surface area contributed by atoms with Gasteiger partial charge in [-0.15, -0.1) is 0 Å². The van der Waals surface area contributed by atoms with E-state index in [2.05, 4.69) is 5.32 Å². The molecule has 1 aromatic carbocycles. The van der Waals surface area contributed by atoms with Crippen molar-refractivity contribution >= 4 is 17.5 Å². The Hall–Kier alpha value is -2.04. The van der Waals surface area contributed by atoms with Crippen molar-refractivity contribution in [2.45, 2.75) is 64.5 Å². The Bertz CT molecular complexity index is 623. The summed E-state index contributed by atoms with van der Waals surface area (Å²) in [6.45, 7) is 3.95. The van der Waals surface area contributed by atoms with Crippen LogP contribution >= 0.6 is 0 Å². The van der Waals surface area contributed by atoms with Crippen molar-refractivity contribution in [3.8, 4) is 5.75 Å². The van der Waals surface area contributed by atoms with Crippen LogP contribution in [-0.4, -0.2) is 30.5 Å². The maximum Gasteiger partial charge on any atom is 0.268 e. The minimum Gasteiger partial charge on any atom is -0.478 e. The predicted molar refractivity (Wildman–Crippen MR) is 93.3 cm³/mol. The van der Waals surface area contributed by atoms with Crippen LogP contribution in [0.4, 0.5) is 5.69 Å². The first-order chi connectivity index (χ1) is 11.6. The molecule has 0 radical (unpaired) electrons. The lowest BCUT2D eigenvalue weighted by molar-refractivity contribution is -0.129. The van der Waals surface area contributed by atoms with Crippen molar-refractivity contribution in [1.29, 1.82) is 0 Å². The van der Waals surface area contributed by atoms with Gasteiger partial charge in [0.2, 0.25) is 5.91 Å². The summed E-state index contributed by atoms with van der Waals surface area (Å²) in [6, 6.07) is 6.00. The smallest absolute Gasteiger partial charge is 0.268 e. The number of aryl methyl sites for hydroxylation is 1. The summed E-state index contributed by atoms with van der Waals surface area (Å²) >= 11 is 0. The molecule has 1 atom stereocenters.